The van der Waals surface area contributed by atoms with E-state index in [0.717, 1.165) is 0 Å². The minimum absolute atomic E-state index is 0.0272. The van der Waals surface area contributed by atoms with Crippen LogP contribution in [0, 0.1) is 5.41 Å². The highest BCUT2D eigenvalue weighted by Crippen LogP contribution is 2.52. The summed E-state index contributed by atoms with van der Waals surface area (Å²) in [6, 6.07) is 3.71. The third-order valence-electron chi connectivity index (χ3n) is 7.86. The summed E-state index contributed by atoms with van der Waals surface area (Å²) in [5.41, 5.74) is 2.40. The summed E-state index contributed by atoms with van der Waals surface area (Å²) >= 11 is 0. The number of carbonyl (C=O) groups excluding carboxylic acids is 2. The molecule has 2 unspecified atom stereocenters. The summed E-state index contributed by atoms with van der Waals surface area (Å²) in [5, 5.41) is 62.2. The van der Waals surface area contributed by atoms with Crippen molar-refractivity contribution in [1.82, 2.24) is 0 Å². The number of phenols is 2. The fraction of sp³-hybridized carbons (Fsp3) is 0.444. The molecule has 0 amide bonds. The zero-order valence-corrected chi connectivity index (χ0v) is 21.3. The number of hydrogen-bond donors (Lipinski definition) is 7. The lowest BCUT2D eigenvalue weighted by Crippen LogP contribution is -2.53. The summed E-state index contributed by atoms with van der Waals surface area (Å²) < 4.78 is 17.1. The molecule has 0 bridgehead atoms. The highest BCUT2D eigenvalue weighted by molar-refractivity contribution is 6.31. The van der Waals surface area contributed by atoms with Crippen molar-refractivity contribution in [2.45, 2.75) is 62.4 Å². The Morgan fingerprint density at radius 2 is 1.87 bits per heavy atom. The summed E-state index contributed by atoms with van der Waals surface area (Å²) in [4.78, 5) is 27.2. The molecule has 12 heteroatoms. The average Bonchev–Trinajstić information content (AvgIpc) is 2.90. The highest BCUT2D eigenvalue weighted by Gasteiger charge is 2.49. The van der Waals surface area contributed by atoms with E-state index >= 15 is 0 Å². The van der Waals surface area contributed by atoms with Crippen molar-refractivity contribution in [1.29, 1.82) is 5.41 Å². The van der Waals surface area contributed by atoms with E-state index in [2.05, 4.69) is 0 Å². The Kier molecular flexibility index (Phi) is 6.74. The minimum Gasteiger partial charge on any atom is -0.507 e. The number of methoxy groups -OCH3 is 1. The van der Waals surface area contributed by atoms with Gasteiger partial charge in [-0.3, -0.25) is 9.59 Å². The van der Waals surface area contributed by atoms with Crippen molar-refractivity contribution in [2.24, 2.45) is 5.73 Å². The fourth-order valence-electron chi connectivity index (χ4n) is 5.77. The lowest BCUT2D eigenvalue weighted by atomic mass is 9.71. The van der Waals surface area contributed by atoms with Gasteiger partial charge in [0.25, 0.3) is 0 Å². The molecular formula is C27H30N2O10. The third-order valence-corrected chi connectivity index (χ3v) is 7.86. The van der Waals surface area contributed by atoms with Gasteiger partial charge in [-0.1, -0.05) is 12.1 Å². The Morgan fingerprint density at radius 1 is 1.18 bits per heavy atom. The second kappa shape index (κ2) is 9.66. The summed E-state index contributed by atoms with van der Waals surface area (Å²) in [6.07, 6.45) is -4.68. The number of rotatable bonds is 5. The predicted molar refractivity (Wildman–Crippen MR) is 134 cm³/mol. The van der Waals surface area contributed by atoms with Crippen molar-refractivity contribution in [2.75, 3.05) is 13.7 Å². The predicted octanol–water partition coefficient (Wildman–Crippen LogP) is 0.452. The molecular weight excluding hydrogens is 512 g/mol. The first-order valence-electron chi connectivity index (χ1n) is 12.5. The number of hydrogen-bond acceptors (Lipinski definition) is 12. The highest BCUT2D eigenvalue weighted by atomic mass is 16.7. The molecule has 1 fully saturated rings. The van der Waals surface area contributed by atoms with Gasteiger partial charge in [0.2, 0.25) is 5.78 Å². The number of benzene rings is 2. The molecule has 5 rings (SSSR count). The van der Waals surface area contributed by atoms with Crippen LogP contribution in [-0.2, 0) is 15.9 Å². The van der Waals surface area contributed by atoms with E-state index in [0.29, 0.717) is 0 Å². The number of aliphatic hydroxyl groups is 3. The second-order valence-electron chi connectivity index (χ2n) is 10.2. The lowest BCUT2D eigenvalue weighted by molar-refractivity contribution is -0.245. The maximum Gasteiger partial charge on any atom is 0.202 e. The molecule has 0 saturated carbocycles. The molecule has 39 heavy (non-hydrogen) atoms. The lowest BCUT2D eigenvalue weighted by Gasteiger charge is -2.42. The average molecular weight is 543 g/mol. The molecule has 3 aliphatic rings. The summed E-state index contributed by atoms with van der Waals surface area (Å²) in [7, 11) is 1.33. The maximum atomic E-state index is 13.7. The largest absolute Gasteiger partial charge is 0.507 e. The van der Waals surface area contributed by atoms with Crippen LogP contribution >= 0.6 is 0 Å². The molecule has 2 aliphatic carbocycles. The number of ketones is 2. The van der Waals surface area contributed by atoms with Gasteiger partial charge >= 0.3 is 0 Å². The molecule has 8 N–H and O–H groups in total. The topological polar surface area (TPSA) is 213 Å². The molecule has 0 aromatic heterocycles. The third kappa shape index (κ3) is 4.11. The van der Waals surface area contributed by atoms with Gasteiger partial charge in [0.15, 0.2) is 12.1 Å². The van der Waals surface area contributed by atoms with Crippen LogP contribution in [-0.4, -0.2) is 86.7 Å². The number of phenolic OH excluding ortho intramolecular Hbond substituents is 2. The molecule has 1 heterocycles. The van der Waals surface area contributed by atoms with E-state index in [1.165, 1.54) is 25.3 Å². The van der Waals surface area contributed by atoms with Crippen molar-refractivity contribution < 1.29 is 49.3 Å². The number of nitrogens with one attached hydrogen (secondary N) is 1. The second-order valence-corrected chi connectivity index (χ2v) is 10.2. The van der Waals surface area contributed by atoms with Crippen molar-refractivity contribution in [3.05, 3.63) is 51.6 Å². The van der Waals surface area contributed by atoms with Gasteiger partial charge in [0.1, 0.15) is 22.8 Å². The van der Waals surface area contributed by atoms with Gasteiger partial charge in [-0.25, -0.2) is 0 Å². The summed E-state index contributed by atoms with van der Waals surface area (Å²) in [5.74, 6) is -2.63. The molecule has 0 spiro atoms. The van der Waals surface area contributed by atoms with Gasteiger partial charge in [-0.05, 0) is 13.0 Å². The summed E-state index contributed by atoms with van der Waals surface area (Å²) in [6.45, 7) is 0.802. The van der Waals surface area contributed by atoms with Crippen LogP contribution in [0.5, 0.6) is 17.2 Å². The smallest absolute Gasteiger partial charge is 0.202 e. The molecule has 2 aromatic rings. The van der Waals surface area contributed by atoms with E-state index < -0.39 is 89.2 Å². The molecule has 0 radical (unpaired) electrons. The Hall–Kier alpha value is -3.39. The zero-order valence-electron chi connectivity index (χ0n) is 21.3. The zero-order chi connectivity index (χ0) is 28.4. The normalized spacial score (nSPS) is 29.8. The Morgan fingerprint density at radius 3 is 2.51 bits per heavy atom. The van der Waals surface area contributed by atoms with Crippen LogP contribution in [0.2, 0.25) is 0 Å². The maximum absolute atomic E-state index is 13.7. The standard InChI is InChI=1S/C27H30N2O10/c1-10-22(31)13(28)6-17(38-10)39-15-8-27(36,16(29)9-30)7-12-19(15)26(35)21-20(24(12)33)23(32)11-4-3-5-14(37-2)18(11)25(21)34/h3-5,10,13,15,17,22,29-31,33,35-36H,6-9,28H2,1-2H3/t10-,13-,15?,17?,22+,27+/m1/s1. The van der Waals surface area contributed by atoms with Crippen LogP contribution in [0.3, 0.4) is 0 Å². The first kappa shape index (κ1) is 27.2. The van der Waals surface area contributed by atoms with E-state index in [1.807, 2.05) is 0 Å². The first-order valence-corrected chi connectivity index (χ1v) is 12.5. The molecule has 2 aromatic carbocycles. The van der Waals surface area contributed by atoms with E-state index in [4.69, 9.17) is 25.4 Å². The number of aromatic hydroxyl groups is 2. The molecule has 208 valence electrons. The van der Waals surface area contributed by atoms with E-state index in [1.54, 1.807) is 6.92 Å². The van der Waals surface area contributed by atoms with Gasteiger partial charge < -0.3 is 50.9 Å². The van der Waals surface area contributed by atoms with Gasteiger partial charge in [-0.15, -0.1) is 0 Å². The van der Waals surface area contributed by atoms with Gasteiger partial charge in [-0.2, -0.15) is 0 Å². The van der Waals surface area contributed by atoms with Crippen molar-refractivity contribution >= 4 is 17.3 Å². The number of carbonyl (C=O) groups is 2. The first-order chi connectivity index (χ1) is 18.4. The SMILES string of the molecule is COc1cccc2c1C(=O)c1c(O)c3c(c(O)c1C2=O)C[C@@](O)(C(=N)CO)CC3OC1C[C@@H](N)[C@@H](O)[C@@H](C)O1. The Balaban J connectivity index is 1.69. The number of fused-ring (bicyclic) bond motifs is 3. The molecule has 1 aliphatic heterocycles. The van der Waals surface area contributed by atoms with Crippen LogP contribution < -0.4 is 10.5 Å². The minimum atomic E-state index is -2.02. The van der Waals surface area contributed by atoms with E-state index in [9.17, 15) is 35.1 Å². The Labute approximate surface area is 223 Å². The molecule has 1 saturated heterocycles. The van der Waals surface area contributed by atoms with E-state index in [-0.39, 0.29) is 40.8 Å². The quantitative estimate of drug-likeness (QED) is 0.174. The van der Waals surface area contributed by atoms with Gasteiger partial charge in [0, 0.05) is 42.0 Å². The van der Waals surface area contributed by atoms with Crippen molar-refractivity contribution in [3.8, 4) is 17.2 Å². The molecule has 6 atom stereocenters. The van der Waals surface area contributed by atoms with Crippen LogP contribution in [0.15, 0.2) is 18.2 Å². The number of nitrogens with two attached hydrogens (primary N) is 1. The molecule has 12 nitrogen and oxygen atoms in total. The van der Waals surface area contributed by atoms with Crippen LogP contribution in [0.4, 0.5) is 0 Å². The fourth-order valence-corrected chi connectivity index (χ4v) is 5.77. The number of ether oxygens (including phenoxy) is 3. The van der Waals surface area contributed by atoms with Crippen LogP contribution in [0.1, 0.15) is 68.8 Å². The monoisotopic (exact) mass is 542 g/mol. The number of aliphatic hydroxyl groups excluding tert-OH is 2. The van der Waals surface area contributed by atoms with Crippen molar-refractivity contribution in [3.63, 3.8) is 0 Å². The van der Waals surface area contributed by atoms with Crippen LogP contribution in [0.25, 0.3) is 0 Å². The van der Waals surface area contributed by atoms with Gasteiger partial charge in [0.05, 0.1) is 54.4 Å². The Bertz CT molecular complexity index is 1380.